The summed E-state index contributed by atoms with van der Waals surface area (Å²) in [5.74, 6) is 0.475. The number of carbonyl (C=O) groups excluding carboxylic acids is 2. The molecule has 1 atom stereocenters. The smallest absolute Gasteiger partial charge is 0.225 e. The average molecular weight is 292 g/mol. The van der Waals surface area contributed by atoms with Crippen LogP contribution >= 0.6 is 0 Å². The van der Waals surface area contributed by atoms with E-state index < -0.39 is 0 Å². The molecule has 1 aromatic rings. The molecule has 116 valence electrons. The minimum Gasteiger partial charge on any atom is -0.467 e. The Balaban J connectivity index is 1.91. The van der Waals surface area contributed by atoms with Gasteiger partial charge in [-0.1, -0.05) is 13.3 Å². The van der Waals surface area contributed by atoms with E-state index in [0.717, 1.165) is 18.6 Å². The van der Waals surface area contributed by atoms with Crippen LogP contribution in [0.2, 0.25) is 0 Å². The van der Waals surface area contributed by atoms with Crippen LogP contribution in [0, 0.1) is 5.92 Å². The molecule has 5 heteroatoms. The lowest BCUT2D eigenvalue weighted by Gasteiger charge is -2.27. The third-order valence-corrected chi connectivity index (χ3v) is 3.85. The molecule has 0 aliphatic carbocycles. The van der Waals surface area contributed by atoms with Gasteiger partial charge >= 0.3 is 0 Å². The Morgan fingerprint density at radius 1 is 1.52 bits per heavy atom. The van der Waals surface area contributed by atoms with Crippen LogP contribution in [0.4, 0.5) is 0 Å². The highest BCUT2D eigenvalue weighted by Crippen LogP contribution is 2.22. The van der Waals surface area contributed by atoms with E-state index >= 15 is 0 Å². The largest absolute Gasteiger partial charge is 0.467 e. The molecule has 1 aromatic heterocycles. The zero-order chi connectivity index (χ0) is 15.5. The highest BCUT2D eigenvalue weighted by Gasteiger charge is 2.36. The second kappa shape index (κ2) is 6.33. The topological polar surface area (TPSA) is 62.6 Å². The zero-order valence-electron chi connectivity index (χ0n) is 13.0. The molecule has 1 N–H and O–H groups in total. The van der Waals surface area contributed by atoms with Crippen LogP contribution in [-0.4, -0.2) is 28.8 Å². The van der Waals surface area contributed by atoms with Crippen molar-refractivity contribution in [3.05, 3.63) is 24.2 Å². The van der Waals surface area contributed by atoms with Gasteiger partial charge in [-0.2, -0.15) is 0 Å². The number of furan rings is 1. The van der Waals surface area contributed by atoms with E-state index in [0.29, 0.717) is 13.1 Å². The monoisotopic (exact) mass is 292 g/mol. The van der Waals surface area contributed by atoms with Crippen LogP contribution in [-0.2, 0) is 16.1 Å². The molecule has 0 radical (unpaired) electrons. The molecule has 0 saturated carbocycles. The molecular formula is C16H24N2O3. The van der Waals surface area contributed by atoms with Crippen molar-refractivity contribution in [2.24, 2.45) is 5.92 Å². The first-order valence-corrected chi connectivity index (χ1v) is 7.53. The Bertz CT molecular complexity index is 494. The summed E-state index contributed by atoms with van der Waals surface area (Å²) in [5.41, 5.74) is -0.219. The van der Waals surface area contributed by atoms with Crippen LogP contribution in [0.25, 0.3) is 0 Å². The van der Waals surface area contributed by atoms with Crippen LogP contribution in [0.5, 0.6) is 0 Å². The van der Waals surface area contributed by atoms with Gasteiger partial charge in [0.15, 0.2) is 0 Å². The number of amides is 2. The Hall–Kier alpha value is -1.78. The molecule has 0 bridgehead atoms. The second-order valence-corrected chi connectivity index (χ2v) is 6.38. The predicted molar refractivity (Wildman–Crippen MR) is 79.4 cm³/mol. The van der Waals surface area contributed by atoms with Crippen molar-refractivity contribution in [1.29, 1.82) is 0 Å². The van der Waals surface area contributed by atoms with E-state index in [1.165, 1.54) is 0 Å². The van der Waals surface area contributed by atoms with Gasteiger partial charge in [0.05, 0.1) is 18.7 Å². The van der Waals surface area contributed by atoms with Crippen molar-refractivity contribution < 1.29 is 14.0 Å². The molecule has 5 nitrogen and oxygen atoms in total. The van der Waals surface area contributed by atoms with E-state index in [2.05, 4.69) is 12.2 Å². The molecule has 2 amide bonds. The maximum atomic E-state index is 12.3. The SMILES string of the molecule is CCCC(C)(C)NC(=O)[C@H]1CC(=O)N(Cc2ccco2)C1. The van der Waals surface area contributed by atoms with Gasteiger partial charge in [-0.15, -0.1) is 0 Å². The van der Waals surface area contributed by atoms with Crippen LogP contribution in [0.3, 0.4) is 0 Å². The summed E-state index contributed by atoms with van der Waals surface area (Å²) < 4.78 is 5.26. The third kappa shape index (κ3) is 4.09. The quantitative estimate of drug-likeness (QED) is 0.875. The van der Waals surface area contributed by atoms with Gasteiger partial charge in [0.1, 0.15) is 5.76 Å². The van der Waals surface area contributed by atoms with E-state index in [1.807, 2.05) is 19.9 Å². The molecule has 1 aliphatic rings. The van der Waals surface area contributed by atoms with Crippen molar-refractivity contribution in [2.75, 3.05) is 6.54 Å². The Morgan fingerprint density at radius 3 is 2.90 bits per heavy atom. The summed E-state index contributed by atoms with van der Waals surface area (Å²) >= 11 is 0. The molecular weight excluding hydrogens is 268 g/mol. The molecule has 0 aromatic carbocycles. The lowest BCUT2D eigenvalue weighted by atomic mass is 9.97. The average Bonchev–Trinajstić information content (AvgIpc) is 3.00. The summed E-state index contributed by atoms with van der Waals surface area (Å²) in [7, 11) is 0. The molecule has 0 unspecified atom stereocenters. The molecule has 0 spiro atoms. The number of rotatable bonds is 6. The standard InChI is InChI=1S/C16H24N2O3/c1-4-7-16(2,3)17-15(20)12-9-14(19)18(10-12)11-13-6-5-8-21-13/h5-6,8,12H,4,7,9-11H2,1-3H3,(H,17,20)/t12-/m0/s1. The first kappa shape index (κ1) is 15.6. The van der Waals surface area contributed by atoms with E-state index in [4.69, 9.17) is 4.42 Å². The normalized spacial score (nSPS) is 19.1. The Labute approximate surface area is 125 Å². The summed E-state index contributed by atoms with van der Waals surface area (Å²) in [4.78, 5) is 26.0. The van der Waals surface area contributed by atoms with Gasteiger partial charge in [-0.05, 0) is 32.4 Å². The van der Waals surface area contributed by atoms with Crippen molar-refractivity contribution in [1.82, 2.24) is 10.2 Å². The number of likely N-dealkylation sites (tertiary alicyclic amines) is 1. The second-order valence-electron chi connectivity index (χ2n) is 6.38. The fraction of sp³-hybridized carbons (Fsp3) is 0.625. The van der Waals surface area contributed by atoms with Gasteiger partial charge < -0.3 is 14.6 Å². The van der Waals surface area contributed by atoms with E-state index in [1.54, 1.807) is 17.2 Å². The number of hydrogen-bond donors (Lipinski definition) is 1. The van der Waals surface area contributed by atoms with Crippen molar-refractivity contribution in [2.45, 2.75) is 52.1 Å². The number of hydrogen-bond acceptors (Lipinski definition) is 3. The van der Waals surface area contributed by atoms with Crippen molar-refractivity contribution in [3.63, 3.8) is 0 Å². The summed E-state index contributed by atoms with van der Waals surface area (Å²) in [6.07, 6.45) is 3.82. The van der Waals surface area contributed by atoms with Crippen molar-refractivity contribution in [3.8, 4) is 0 Å². The van der Waals surface area contributed by atoms with Gasteiger partial charge in [0.25, 0.3) is 0 Å². The predicted octanol–water partition coefficient (Wildman–Crippen LogP) is 2.32. The third-order valence-electron chi connectivity index (χ3n) is 3.85. The highest BCUT2D eigenvalue weighted by molar-refractivity contribution is 5.89. The van der Waals surface area contributed by atoms with Gasteiger partial charge in [-0.3, -0.25) is 9.59 Å². The summed E-state index contributed by atoms with van der Waals surface area (Å²) in [6.45, 7) is 7.04. The number of nitrogens with one attached hydrogen (secondary N) is 1. The maximum absolute atomic E-state index is 12.3. The minimum atomic E-state index is -0.261. The van der Waals surface area contributed by atoms with Crippen LogP contribution < -0.4 is 5.32 Å². The van der Waals surface area contributed by atoms with E-state index in [9.17, 15) is 9.59 Å². The van der Waals surface area contributed by atoms with Gasteiger partial charge in [0.2, 0.25) is 11.8 Å². The van der Waals surface area contributed by atoms with Gasteiger partial charge in [-0.25, -0.2) is 0 Å². The molecule has 2 heterocycles. The molecule has 1 aliphatic heterocycles. The fourth-order valence-electron chi connectivity index (χ4n) is 2.81. The first-order chi connectivity index (χ1) is 9.91. The first-order valence-electron chi connectivity index (χ1n) is 7.53. The van der Waals surface area contributed by atoms with Crippen LogP contribution in [0.1, 0.15) is 45.8 Å². The molecule has 1 saturated heterocycles. The summed E-state index contributed by atoms with van der Waals surface area (Å²) in [6, 6.07) is 3.64. The maximum Gasteiger partial charge on any atom is 0.225 e. The zero-order valence-corrected chi connectivity index (χ0v) is 13.0. The molecule has 2 rings (SSSR count). The lowest BCUT2D eigenvalue weighted by molar-refractivity contribution is -0.129. The Kier molecular flexibility index (Phi) is 4.70. The summed E-state index contributed by atoms with van der Waals surface area (Å²) in [5, 5.41) is 3.06. The van der Waals surface area contributed by atoms with Crippen molar-refractivity contribution >= 4 is 11.8 Å². The number of carbonyl (C=O) groups is 2. The lowest BCUT2D eigenvalue weighted by Crippen LogP contribution is -2.46. The van der Waals surface area contributed by atoms with E-state index in [-0.39, 0.29) is 29.7 Å². The molecule has 1 fully saturated rings. The highest BCUT2D eigenvalue weighted by atomic mass is 16.3. The Morgan fingerprint density at radius 2 is 2.29 bits per heavy atom. The van der Waals surface area contributed by atoms with Gasteiger partial charge in [0, 0.05) is 18.5 Å². The van der Waals surface area contributed by atoms with Crippen LogP contribution in [0.15, 0.2) is 22.8 Å². The number of nitrogens with zero attached hydrogens (tertiary/aromatic N) is 1. The molecule has 21 heavy (non-hydrogen) atoms. The fourth-order valence-corrected chi connectivity index (χ4v) is 2.81. The minimum absolute atomic E-state index is 0.0137.